The van der Waals surface area contributed by atoms with E-state index in [9.17, 15) is 18.0 Å². The molecule has 1 aliphatic rings. The molecule has 0 saturated carbocycles. The van der Waals surface area contributed by atoms with Crippen molar-refractivity contribution in [1.82, 2.24) is 10.3 Å². The van der Waals surface area contributed by atoms with Crippen LogP contribution in [-0.2, 0) is 6.18 Å². The summed E-state index contributed by atoms with van der Waals surface area (Å²) in [6, 6.07) is 17.2. The second-order valence-corrected chi connectivity index (χ2v) is 8.41. The highest BCUT2D eigenvalue weighted by Gasteiger charge is 2.33. The molecule has 3 aromatic carbocycles. The molecule has 5 rings (SSSR count). The molecule has 4 aromatic rings. The van der Waals surface area contributed by atoms with Gasteiger partial charge in [0.15, 0.2) is 0 Å². The zero-order valence-electron chi connectivity index (χ0n) is 18.6. The number of amidine groups is 1. The van der Waals surface area contributed by atoms with E-state index in [0.717, 1.165) is 35.3 Å². The molecular weight excluding hydrogens is 493 g/mol. The molecule has 6 nitrogen and oxygen atoms in total. The number of amides is 1. The van der Waals surface area contributed by atoms with Gasteiger partial charge in [0.1, 0.15) is 23.0 Å². The number of fused-ring (bicyclic) bond motifs is 1. The van der Waals surface area contributed by atoms with Crippen molar-refractivity contribution in [2.75, 3.05) is 18.4 Å². The Morgan fingerprint density at radius 1 is 0.972 bits per heavy atom. The summed E-state index contributed by atoms with van der Waals surface area (Å²) in [5, 5.41) is 6.82. The fraction of sp³-hybridized carbons (Fsp3) is 0.115. The lowest BCUT2D eigenvalue weighted by Crippen LogP contribution is -2.20. The summed E-state index contributed by atoms with van der Waals surface area (Å²) < 4.78 is 45.4. The zero-order valence-corrected chi connectivity index (χ0v) is 19.3. The Balaban J connectivity index is 1.36. The lowest BCUT2D eigenvalue weighted by atomic mass is 10.1. The van der Waals surface area contributed by atoms with Crippen LogP contribution in [0.2, 0.25) is 5.02 Å². The highest BCUT2D eigenvalue weighted by atomic mass is 35.5. The number of hydrogen-bond acceptors (Lipinski definition) is 5. The van der Waals surface area contributed by atoms with Crippen LogP contribution in [0.3, 0.4) is 0 Å². The highest BCUT2D eigenvalue weighted by Crippen LogP contribution is 2.36. The molecule has 10 heteroatoms. The minimum Gasteiger partial charge on any atom is -0.457 e. The number of aromatic nitrogens is 1. The summed E-state index contributed by atoms with van der Waals surface area (Å²) in [5.41, 5.74) is -0.0682. The molecule has 0 fully saturated rings. The number of anilines is 1. The van der Waals surface area contributed by atoms with Gasteiger partial charge in [0.25, 0.3) is 5.91 Å². The maximum atomic E-state index is 13.1. The fourth-order valence-electron chi connectivity index (χ4n) is 3.76. The quantitative estimate of drug-likeness (QED) is 0.330. The SMILES string of the molecule is O=C(Nc1ccc(Cl)c(C(F)(F)F)c1)c1ccc2ccc(Oc3ccnc(C4=NCCN4)c3)cc2c1. The molecule has 1 aliphatic heterocycles. The molecule has 0 saturated heterocycles. The van der Waals surface area contributed by atoms with Crippen molar-refractivity contribution in [1.29, 1.82) is 0 Å². The van der Waals surface area contributed by atoms with Crippen LogP contribution in [0.1, 0.15) is 21.6 Å². The van der Waals surface area contributed by atoms with Crippen molar-refractivity contribution in [2.45, 2.75) is 6.18 Å². The third-order valence-corrected chi connectivity index (χ3v) is 5.82. The number of benzene rings is 3. The van der Waals surface area contributed by atoms with Gasteiger partial charge in [-0.25, -0.2) is 0 Å². The van der Waals surface area contributed by atoms with E-state index in [1.54, 1.807) is 48.7 Å². The smallest absolute Gasteiger partial charge is 0.417 e. The highest BCUT2D eigenvalue weighted by molar-refractivity contribution is 6.31. The predicted molar refractivity (Wildman–Crippen MR) is 132 cm³/mol. The van der Waals surface area contributed by atoms with Crippen molar-refractivity contribution in [3.8, 4) is 11.5 Å². The summed E-state index contributed by atoms with van der Waals surface area (Å²) in [6.07, 6.45) is -2.99. The summed E-state index contributed by atoms with van der Waals surface area (Å²) in [5.74, 6) is 1.29. The van der Waals surface area contributed by atoms with Crippen molar-refractivity contribution in [3.63, 3.8) is 0 Å². The van der Waals surface area contributed by atoms with Gasteiger partial charge in [-0.3, -0.25) is 14.8 Å². The van der Waals surface area contributed by atoms with Crippen LogP contribution in [0.5, 0.6) is 11.5 Å². The van der Waals surface area contributed by atoms with Gasteiger partial charge in [0.2, 0.25) is 0 Å². The normalized spacial score (nSPS) is 13.3. The zero-order chi connectivity index (χ0) is 25.3. The number of carbonyl (C=O) groups excluding carboxylic acids is 1. The average Bonchev–Trinajstić information content (AvgIpc) is 3.39. The van der Waals surface area contributed by atoms with Crippen LogP contribution < -0.4 is 15.4 Å². The predicted octanol–water partition coefficient (Wildman–Crippen LogP) is 6.30. The molecule has 0 radical (unpaired) electrons. The maximum Gasteiger partial charge on any atom is 0.417 e. The molecule has 2 N–H and O–H groups in total. The van der Waals surface area contributed by atoms with Gasteiger partial charge in [-0.05, 0) is 59.3 Å². The van der Waals surface area contributed by atoms with Crippen LogP contribution >= 0.6 is 11.6 Å². The second kappa shape index (κ2) is 9.50. The molecule has 2 heterocycles. The molecule has 36 heavy (non-hydrogen) atoms. The number of rotatable bonds is 5. The standard InChI is InChI=1S/C26H18ClF3N4O2/c27-22-6-4-18(13-21(22)26(28,29)30)34-25(35)16-2-1-15-3-5-19(12-17(15)11-16)36-20-7-8-31-23(14-20)24-32-9-10-33-24/h1-8,11-14H,9-10H2,(H,32,33)(H,34,35). The molecule has 0 unspecified atom stereocenters. The number of pyridine rings is 1. The number of alkyl halides is 3. The lowest BCUT2D eigenvalue weighted by molar-refractivity contribution is -0.137. The number of nitrogens with zero attached hydrogens (tertiary/aromatic N) is 2. The first-order valence-corrected chi connectivity index (χ1v) is 11.3. The van der Waals surface area contributed by atoms with E-state index in [1.807, 2.05) is 6.07 Å². The van der Waals surface area contributed by atoms with E-state index in [1.165, 1.54) is 6.07 Å². The molecule has 0 bridgehead atoms. The van der Waals surface area contributed by atoms with Crippen molar-refractivity contribution in [2.24, 2.45) is 4.99 Å². The van der Waals surface area contributed by atoms with Gasteiger partial charge in [-0.15, -0.1) is 0 Å². The summed E-state index contributed by atoms with van der Waals surface area (Å²) in [4.78, 5) is 21.4. The third kappa shape index (κ3) is 5.11. The van der Waals surface area contributed by atoms with Gasteiger partial charge in [0, 0.05) is 30.1 Å². The Morgan fingerprint density at radius 3 is 2.56 bits per heavy atom. The van der Waals surface area contributed by atoms with E-state index in [0.29, 0.717) is 23.7 Å². The van der Waals surface area contributed by atoms with Crippen molar-refractivity contribution >= 4 is 39.8 Å². The Morgan fingerprint density at radius 2 is 1.78 bits per heavy atom. The first kappa shape index (κ1) is 23.6. The van der Waals surface area contributed by atoms with Gasteiger partial charge in [0.05, 0.1) is 17.1 Å². The molecule has 0 aliphatic carbocycles. The minimum absolute atomic E-state index is 0.0104. The summed E-state index contributed by atoms with van der Waals surface area (Å²) >= 11 is 5.66. The van der Waals surface area contributed by atoms with Crippen LogP contribution in [0.25, 0.3) is 10.8 Å². The first-order valence-electron chi connectivity index (χ1n) is 10.9. The monoisotopic (exact) mass is 510 g/mol. The van der Waals surface area contributed by atoms with E-state index in [-0.39, 0.29) is 11.3 Å². The molecular formula is C26H18ClF3N4O2. The second-order valence-electron chi connectivity index (χ2n) is 8.01. The van der Waals surface area contributed by atoms with E-state index in [2.05, 4.69) is 20.6 Å². The summed E-state index contributed by atoms with van der Waals surface area (Å²) in [6.45, 7) is 1.47. The Hall–Kier alpha value is -4.11. The van der Waals surface area contributed by atoms with Crippen LogP contribution in [0.15, 0.2) is 77.9 Å². The third-order valence-electron chi connectivity index (χ3n) is 5.49. The molecule has 1 amide bonds. The average molecular weight is 511 g/mol. The molecule has 182 valence electrons. The number of nitrogens with one attached hydrogen (secondary N) is 2. The minimum atomic E-state index is -4.63. The van der Waals surface area contributed by atoms with E-state index < -0.39 is 22.7 Å². The fourth-order valence-corrected chi connectivity index (χ4v) is 3.99. The summed E-state index contributed by atoms with van der Waals surface area (Å²) in [7, 11) is 0. The van der Waals surface area contributed by atoms with Crippen molar-refractivity contribution < 1.29 is 22.7 Å². The number of halogens is 4. The topological polar surface area (TPSA) is 75.6 Å². The van der Waals surface area contributed by atoms with Crippen LogP contribution in [0.4, 0.5) is 18.9 Å². The Labute approximate surface area is 208 Å². The van der Waals surface area contributed by atoms with Gasteiger partial charge < -0.3 is 15.4 Å². The number of aliphatic imine (C=N–C) groups is 1. The maximum absolute atomic E-state index is 13.1. The van der Waals surface area contributed by atoms with Crippen molar-refractivity contribution in [3.05, 3.63) is 94.8 Å². The largest absolute Gasteiger partial charge is 0.457 e. The van der Waals surface area contributed by atoms with Crippen LogP contribution in [-0.4, -0.2) is 29.8 Å². The Kier molecular flexibility index (Phi) is 6.24. The first-order chi connectivity index (χ1) is 17.3. The molecule has 0 spiro atoms. The number of carbonyl (C=O) groups is 1. The molecule has 0 atom stereocenters. The van der Waals surface area contributed by atoms with E-state index in [4.69, 9.17) is 16.3 Å². The Bertz CT molecular complexity index is 1500. The molecule has 1 aromatic heterocycles. The van der Waals surface area contributed by atoms with Gasteiger partial charge >= 0.3 is 6.18 Å². The number of hydrogen-bond donors (Lipinski definition) is 2. The van der Waals surface area contributed by atoms with Gasteiger partial charge in [-0.2, -0.15) is 13.2 Å². The van der Waals surface area contributed by atoms with Crippen LogP contribution in [0, 0.1) is 0 Å². The van der Waals surface area contributed by atoms with E-state index >= 15 is 0 Å². The number of ether oxygens (including phenoxy) is 1. The lowest BCUT2D eigenvalue weighted by Gasteiger charge is -2.12. The van der Waals surface area contributed by atoms with Gasteiger partial charge in [-0.1, -0.05) is 23.7 Å².